The molecule has 8 heavy (non-hydrogen) atoms. The van der Waals surface area contributed by atoms with E-state index in [1.54, 1.807) is 0 Å². The van der Waals surface area contributed by atoms with Gasteiger partial charge in [0.1, 0.15) is 0 Å². The van der Waals surface area contributed by atoms with Crippen molar-refractivity contribution in [3.8, 4) is 0 Å². The van der Waals surface area contributed by atoms with Crippen molar-refractivity contribution in [2.45, 2.75) is 38.4 Å². The quantitative estimate of drug-likeness (QED) is 0.433. The van der Waals surface area contributed by atoms with Crippen molar-refractivity contribution in [2.24, 2.45) is 5.92 Å². The third kappa shape index (κ3) is 0.655. The molecule has 1 saturated heterocycles. The lowest BCUT2D eigenvalue weighted by molar-refractivity contribution is 0.367. The van der Waals surface area contributed by atoms with Crippen molar-refractivity contribution in [1.82, 2.24) is 0 Å². The van der Waals surface area contributed by atoms with Gasteiger partial charge in [0.05, 0.1) is 12.2 Å². The fourth-order valence-electron chi connectivity index (χ4n) is 1.60. The molecule has 0 radical (unpaired) electrons. The van der Waals surface area contributed by atoms with E-state index in [1.807, 2.05) is 0 Å². The second-order valence-corrected chi connectivity index (χ2v) is 3.13. The Morgan fingerprint density at radius 2 is 2.12 bits per heavy atom. The van der Waals surface area contributed by atoms with Crippen molar-refractivity contribution in [1.29, 1.82) is 0 Å². The number of rotatable bonds is 0. The Labute approximate surface area is 50.0 Å². The van der Waals surface area contributed by atoms with E-state index in [0.29, 0.717) is 12.2 Å². The molecule has 1 aliphatic heterocycles. The molecule has 0 aromatic rings. The molecule has 0 aromatic heterocycles. The van der Waals surface area contributed by atoms with Crippen LogP contribution in [0.2, 0.25) is 0 Å². The van der Waals surface area contributed by atoms with Crippen LogP contribution in [0.5, 0.6) is 0 Å². The molecule has 0 spiro atoms. The first-order chi connectivity index (χ1) is 3.86. The maximum atomic E-state index is 5.35. The Bertz CT molecular complexity index is 101. The highest BCUT2D eigenvalue weighted by Gasteiger charge is 2.42. The number of hydrogen-bond donors (Lipinski definition) is 0. The molecule has 0 unspecified atom stereocenters. The van der Waals surface area contributed by atoms with E-state index in [2.05, 4.69) is 6.92 Å². The topological polar surface area (TPSA) is 12.5 Å². The van der Waals surface area contributed by atoms with Crippen LogP contribution in [0.4, 0.5) is 0 Å². The average molecular weight is 112 g/mol. The van der Waals surface area contributed by atoms with E-state index in [4.69, 9.17) is 4.74 Å². The van der Waals surface area contributed by atoms with Crippen molar-refractivity contribution in [3.63, 3.8) is 0 Å². The highest BCUT2D eigenvalue weighted by atomic mass is 16.6. The van der Waals surface area contributed by atoms with Crippen molar-refractivity contribution < 1.29 is 4.74 Å². The van der Waals surface area contributed by atoms with Crippen LogP contribution in [-0.4, -0.2) is 12.2 Å². The normalized spacial score (nSPS) is 52.9. The maximum absolute atomic E-state index is 5.35. The lowest BCUT2D eigenvalue weighted by Gasteiger charge is -2.11. The predicted molar refractivity (Wildman–Crippen MR) is 31.7 cm³/mol. The summed E-state index contributed by atoms with van der Waals surface area (Å²) in [4.78, 5) is 0. The summed E-state index contributed by atoms with van der Waals surface area (Å²) < 4.78 is 5.35. The van der Waals surface area contributed by atoms with Crippen molar-refractivity contribution in [2.75, 3.05) is 0 Å². The van der Waals surface area contributed by atoms with Gasteiger partial charge in [0.2, 0.25) is 0 Å². The summed E-state index contributed by atoms with van der Waals surface area (Å²) >= 11 is 0. The van der Waals surface area contributed by atoms with E-state index in [0.717, 1.165) is 5.92 Å². The molecule has 0 amide bonds. The fourth-order valence-corrected chi connectivity index (χ4v) is 1.60. The van der Waals surface area contributed by atoms with Gasteiger partial charge in [-0.3, -0.25) is 0 Å². The van der Waals surface area contributed by atoms with E-state index < -0.39 is 0 Å². The first-order valence-electron chi connectivity index (χ1n) is 3.52. The van der Waals surface area contributed by atoms with E-state index >= 15 is 0 Å². The molecular weight excluding hydrogens is 100 g/mol. The van der Waals surface area contributed by atoms with Gasteiger partial charge in [0.25, 0.3) is 0 Å². The second kappa shape index (κ2) is 1.47. The smallest absolute Gasteiger partial charge is 0.0844 e. The summed E-state index contributed by atoms with van der Waals surface area (Å²) in [6, 6.07) is 0. The Morgan fingerprint density at radius 3 is 2.75 bits per heavy atom. The zero-order chi connectivity index (χ0) is 5.56. The van der Waals surface area contributed by atoms with Crippen LogP contribution in [0.1, 0.15) is 26.2 Å². The van der Waals surface area contributed by atoms with Crippen LogP contribution < -0.4 is 0 Å². The standard InChI is InChI=1S/C7H12O/c1-5-2-3-6-7(4-5)8-6/h5-7H,2-4H2,1H3/t5-,6+,7-/m0/s1. The Hall–Kier alpha value is -0.0400. The molecule has 0 N–H and O–H groups in total. The van der Waals surface area contributed by atoms with Gasteiger partial charge >= 0.3 is 0 Å². The van der Waals surface area contributed by atoms with E-state index in [1.165, 1.54) is 19.3 Å². The van der Waals surface area contributed by atoms with Crippen LogP contribution in [0.25, 0.3) is 0 Å². The summed E-state index contributed by atoms with van der Waals surface area (Å²) in [6.07, 6.45) is 5.41. The molecular formula is C7H12O. The molecule has 2 rings (SSSR count). The first kappa shape index (κ1) is 4.80. The van der Waals surface area contributed by atoms with Crippen LogP contribution in [0.3, 0.4) is 0 Å². The van der Waals surface area contributed by atoms with Gasteiger partial charge in [-0.2, -0.15) is 0 Å². The molecule has 1 heteroatoms. The van der Waals surface area contributed by atoms with Gasteiger partial charge in [0.15, 0.2) is 0 Å². The zero-order valence-corrected chi connectivity index (χ0v) is 5.26. The lowest BCUT2D eigenvalue weighted by Crippen LogP contribution is -2.09. The molecule has 1 heterocycles. The first-order valence-corrected chi connectivity index (χ1v) is 3.52. The van der Waals surface area contributed by atoms with Gasteiger partial charge in [0, 0.05) is 0 Å². The van der Waals surface area contributed by atoms with Crippen LogP contribution >= 0.6 is 0 Å². The van der Waals surface area contributed by atoms with Crippen molar-refractivity contribution in [3.05, 3.63) is 0 Å². The van der Waals surface area contributed by atoms with Gasteiger partial charge in [-0.1, -0.05) is 6.92 Å². The summed E-state index contributed by atoms with van der Waals surface area (Å²) in [5.74, 6) is 0.929. The number of fused-ring (bicyclic) bond motifs is 1. The van der Waals surface area contributed by atoms with Gasteiger partial charge < -0.3 is 4.74 Å². The average Bonchev–Trinajstić information content (AvgIpc) is 2.43. The molecule has 2 aliphatic rings. The maximum Gasteiger partial charge on any atom is 0.0844 e. The van der Waals surface area contributed by atoms with Gasteiger partial charge in [-0.25, -0.2) is 0 Å². The monoisotopic (exact) mass is 112 g/mol. The SMILES string of the molecule is C[C@H]1CC[C@H]2O[C@H]2C1. The summed E-state index contributed by atoms with van der Waals surface area (Å²) in [7, 11) is 0. The number of hydrogen-bond acceptors (Lipinski definition) is 1. The van der Waals surface area contributed by atoms with E-state index in [-0.39, 0.29) is 0 Å². The van der Waals surface area contributed by atoms with Crippen molar-refractivity contribution >= 4 is 0 Å². The molecule has 1 saturated carbocycles. The number of epoxide rings is 1. The fraction of sp³-hybridized carbons (Fsp3) is 1.00. The third-order valence-corrected chi connectivity index (χ3v) is 2.27. The number of ether oxygens (including phenoxy) is 1. The summed E-state index contributed by atoms with van der Waals surface area (Å²) in [6.45, 7) is 2.32. The molecule has 1 aliphatic carbocycles. The minimum Gasteiger partial charge on any atom is -0.370 e. The second-order valence-electron chi connectivity index (χ2n) is 3.13. The molecule has 3 atom stereocenters. The van der Waals surface area contributed by atoms with Crippen LogP contribution in [-0.2, 0) is 4.74 Å². The van der Waals surface area contributed by atoms with Crippen LogP contribution in [0, 0.1) is 5.92 Å². The molecule has 1 nitrogen and oxygen atoms in total. The summed E-state index contributed by atoms with van der Waals surface area (Å²) in [5, 5.41) is 0. The molecule has 0 bridgehead atoms. The highest BCUT2D eigenvalue weighted by molar-refractivity contribution is 4.90. The Morgan fingerprint density at radius 1 is 1.25 bits per heavy atom. The predicted octanol–water partition coefficient (Wildman–Crippen LogP) is 1.57. The Balaban J connectivity index is 1.93. The molecule has 0 aromatic carbocycles. The molecule has 2 fully saturated rings. The van der Waals surface area contributed by atoms with Gasteiger partial charge in [-0.05, 0) is 25.2 Å². The highest BCUT2D eigenvalue weighted by Crippen LogP contribution is 2.38. The lowest BCUT2D eigenvalue weighted by atomic mass is 9.91. The summed E-state index contributed by atoms with van der Waals surface area (Å²) in [5.41, 5.74) is 0. The van der Waals surface area contributed by atoms with Crippen LogP contribution in [0.15, 0.2) is 0 Å². The van der Waals surface area contributed by atoms with E-state index in [9.17, 15) is 0 Å². The third-order valence-electron chi connectivity index (χ3n) is 2.27. The minimum atomic E-state index is 0.679. The molecule has 46 valence electrons. The zero-order valence-electron chi connectivity index (χ0n) is 5.26. The largest absolute Gasteiger partial charge is 0.370 e. The van der Waals surface area contributed by atoms with Gasteiger partial charge in [-0.15, -0.1) is 0 Å². The Kier molecular flexibility index (Phi) is 0.884. The minimum absolute atomic E-state index is 0.679.